The third kappa shape index (κ3) is 2.37. The van der Waals surface area contributed by atoms with Crippen molar-refractivity contribution in [1.82, 2.24) is 10.2 Å². The van der Waals surface area contributed by atoms with Gasteiger partial charge in [0.1, 0.15) is 5.82 Å². The normalized spacial score (nSPS) is 19.7. The zero-order valence-electron chi connectivity index (χ0n) is 9.34. The maximum absolute atomic E-state index is 13.8. The Morgan fingerprint density at radius 3 is 2.75 bits per heavy atom. The standard InChI is InChI=1S/C12H16ClFN2/c1-9(16-7-5-15-6-8-16)10-3-2-4-11(13)12(10)14/h2-4,9,15H,5-8H2,1H3/t9-/m1/s1. The third-order valence-corrected chi connectivity index (χ3v) is 3.42. The molecule has 0 amide bonds. The molecule has 88 valence electrons. The molecule has 4 heteroatoms. The van der Waals surface area contributed by atoms with Gasteiger partial charge in [-0.15, -0.1) is 0 Å². The highest BCUT2D eigenvalue weighted by Crippen LogP contribution is 2.27. The predicted molar refractivity (Wildman–Crippen MR) is 64.3 cm³/mol. The molecule has 1 aliphatic rings. The van der Waals surface area contributed by atoms with Gasteiger partial charge in [0.15, 0.2) is 0 Å². The van der Waals surface area contributed by atoms with Crippen LogP contribution in [0.3, 0.4) is 0 Å². The molecule has 1 atom stereocenters. The van der Waals surface area contributed by atoms with Crippen LogP contribution in [0.1, 0.15) is 18.5 Å². The highest BCUT2D eigenvalue weighted by atomic mass is 35.5. The first kappa shape index (κ1) is 11.8. The zero-order valence-corrected chi connectivity index (χ0v) is 10.1. The fourth-order valence-corrected chi connectivity index (χ4v) is 2.29. The topological polar surface area (TPSA) is 15.3 Å². The van der Waals surface area contributed by atoms with Crippen molar-refractivity contribution >= 4 is 11.6 Å². The highest BCUT2D eigenvalue weighted by Gasteiger charge is 2.21. The van der Waals surface area contributed by atoms with Gasteiger partial charge < -0.3 is 5.32 Å². The second kappa shape index (κ2) is 5.13. The van der Waals surface area contributed by atoms with Gasteiger partial charge in [-0.1, -0.05) is 23.7 Å². The first-order valence-corrected chi connectivity index (χ1v) is 5.96. The molecule has 0 unspecified atom stereocenters. The highest BCUT2D eigenvalue weighted by molar-refractivity contribution is 6.30. The Kier molecular flexibility index (Phi) is 3.79. The third-order valence-electron chi connectivity index (χ3n) is 3.13. The van der Waals surface area contributed by atoms with Crippen LogP contribution < -0.4 is 5.32 Å². The summed E-state index contributed by atoms with van der Waals surface area (Å²) < 4.78 is 13.8. The van der Waals surface area contributed by atoms with Crippen LogP contribution in [0.4, 0.5) is 4.39 Å². The van der Waals surface area contributed by atoms with Crippen LogP contribution >= 0.6 is 11.6 Å². The lowest BCUT2D eigenvalue weighted by Crippen LogP contribution is -2.44. The van der Waals surface area contributed by atoms with Crippen molar-refractivity contribution in [3.8, 4) is 0 Å². The fourth-order valence-electron chi connectivity index (χ4n) is 2.11. The van der Waals surface area contributed by atoms with Crippen LogP contribution in [0.2, 0.25) is 5.02 Å². The molecule has 1 aliphatic heterocycles. The smallest absolute Gasteiger partial charge is 0.146 e. The van der Waals surface area contributed by atoms with Crippen molar-refractivity contribution in [2.75, 3.05) is 26.2 Å². The second-order valence-corrected chi connectivity index (χ2v) is 4.51. The van der Waals surface area contributed by atoms with E-state index in [4.69, 9.17) is 11.6 Å². The molecule has 0 bridgehead atoms. The van der Waals surface area contributed by atoms with E-state index in [1.807, 2.05) is 13.0 Å². The summed E-state index contributed by atoms with van der Waals surface area (Å²) in [5.74, 6) is -0.282. The molecule has 1 heterocycles. The van der Waals surface area contributed by atoms with Crippen molar-refractivity contribution in [1.29, 1.82) is 0 Å². The van der Waals surface area contributed by atoms with Gasteiger partial charge in [-0.3, -0.25) is 4.90 Å². The molecule has 16 heavy (non-hydrogen) atoms. The molecular formula is C12H16ClFN2. The molecule has 0 saturated carbocycles. The lowest BCUT2D eigenvalue weighted by atomic mass is 10.1. The van der Waals surface area contributed by atoms with E-state index >= 15 is 0 Å². The molecule has 1 aromatic carbocycles. The monoisotopic (exact) mass is 242 g/mol. The summed E-state index contributed by atoms with van der Waals surface area (Å²) >= 11 is 5.79. The van der Waals surface area contributed by atoms with Gasteiger partial charge in [-0.25, -0.2) is 4.39 Å². The Labute approximate surface area is 100 Å². The van der Waals surface area contributed by atoms with Crippen molar-refractivity contribution in [2.24, 2.45) is 0 Å². The van der Waals surface area contributed by atoms with Crippen LogP contribution in [0.15, 0.2) is 18.2 Å². The first-order valence-electron chi connectivity index (χ1n) is 5.59. The van der Waals surface area contributed by atoms with Crippen molar-refractivity contribution in [2.45, 2.75) is 13.0 Å². The second-order valence-electron chi connectivity index (χ2n) is 4.10. The molecule has 2 nitrogen and oxygen atoms in total. The van der Waals surface area contributed by atoms with Gasteiger partial charge in [0.25, 0.3) is 0 Å². The lowest BCUT2D eigenvalue weighted by molar-refractivity contribution is 0.182. The van der Waals surface area contributed by atoms with Gasteiger partial charge >= 0.3 is 0 Å². The minimum Gasteiger partial charge on any atom is -0.314 e. The molecule has 0 radical (unpaired) electrons. The van der Waals surface area contributed by atoms with Gasteiger partial charge in [-0.05, 0) is 13.0 Å². The Hall–Kier alpha value is -0.640. The summed E-state index contributed by atoms with van der Waals surface area (Å²) in [4.78, 5) is 2.27. The summed E-state index contributed by atoms with van der Waals surface area (Å²) in [6, 6.07) is 5.29. The minimum atomic E-state index is -0.282. The molecule has 0 aliphatic carbocycles. The maximum Gasteiger partial charge on any atom is 0.146 e. The van der Waals surface area contributed by atoms with E-state index in [1.54, 1.807) is 12.1 Å². The molecule has 1 aromatic rings. The number of benzene rings is 1. The van der Waals surface area contributed by atoms with Crippen molar-refractivity contribution in [3.63, 3.8) is 0 Å². The molecule has 1 saturated heterocycles. The summed E-state index contributed by atoms with van der Waals surface area (Å²) in [5.41, 5.74) is 0.689. The first-order chi connectivity index (χ1) is 7.70. The van der Waals surface area contributed by atoms with Gasteiger partial charge in [0.05, 0.1) is 5.02 Å². The number of piperazine rings is 1. The quantitative estimate of drug-likeness (QED) is 0.857. The van der Waals surface area contributed by atoms with E-state index in [0.717, 1.165) is 26.2 Å². The minimum absolute atomic E-state index is 0.0841. The van der Waals surface area contributed by atoms with Crippen LogP contribution in [0.25, 0.3) is 0 Å². The SMILES string of the molecule is C[C@H](c1cccc(Cl)c1F)N1CCNCC1. The average Bonchev–Trinajstić information content (AvgIpc) is 2.33. The number of nitrogens with one attached hydrogen (secondary N) is 1. The van der Waals surface area contributed by atoms with E-state index in [-0.39, 0.29) is 16.9 Å². The maximum atomic E-state index is 13.8. The number of hydrogen-bond acceptors (Lipinski definition) is 2. The molecule has 0 spiro atoms. The van der Waals surface area contributed by atoms with Crippen molar-refractivity contribution < 1.29 is 4.39 Å². The number of nitrogens with zero attached hydrogens (tertiary/aromatic N) is 1. The van der Waals surface area contributed by atoms with Crippen molar-refractivity contribution in [3.05, 3.63) is 34.6 Å². The van der Waals surface area contributed by atoms with E-state index in [2.05, 4.69) is 10.2 Å². The largest absolute Gasteiger partial charge is 0.314 e. The van der Waals surface area contributed by atoms with Gasteiger partial charge in [-0.2, -0.15) is 0 Å². The molecule has 1 N–H and O–H groups in total. The Morgan fingerprint density at radius 2 is 2.06 bits per heavy atom. The lowest BCUT2D eigenvalue weighted by Gasteiger charge is -2.33. The van der Waals surface area contributed by atoms with Gasteiger partial charge in [0.2, 0.25) is 0 Å². The molecule has 0 aromatic heterocycles. The van der Waals surface area contributed by atoms with E-state index in [9.17, 15) is 4.39 Å². The molecular weight excluding hydrogens is 227 g/mol. The summed E-state index contributed by atoms with van der Waals surface area (Å²) in [6.07, 6.45) is 0. The van der Waals surface area contributed by atoms with E-state index in [0.29, 0.717) is 5.56 Å². The molecule has 2 rings (SSSR count). The van der Waals surface area contributed by atoms with Crippen LogP contribution in [0, 0.1) is 5.82 Å². The van der Waals surface area contributed by atoms with Crippen LogP contribution in [0.5, 0.6) is 0 Å². The van der Waals surface area contributed by atoms with E-state index < -0.39 is 0 Å². The number of halogens is 2. The summed E-state index contributed by atoms with van der Waals surface area (Å²) in [7, 11) is 0. The van der Waals surface area contributed by atoms with Crippen LogP contribution in [-0.2, 0) is 0 Å². The Balaban J connectivity index is 2.19. The Morgan fingerprint density at radius 1 is 1.38 bits per heavy atom. The zero-order chi connectivity index (χ0) is 11.5. The average molecular weight is 243 g/mol. The summed E-state index contributed by atoms with van der Waals surface area (Å²) in [5, 5.41) is 3.49. The van der Waals surface area contributed by atoms with E-state index in [1.165, 1.54) is 0 Å². The number of rotatable bonds is 2. The summed E-state index contributed by atoms with van der Waals surface area (Å²) in [6.45, 7) is 5.86. The predicted octanol–water partition coefficient (Wildman–Crippen LogP) is 2.45. The van der Waals surface area contributed by atoms with Gasteiger partial charge in [0, 0.05) is 37.8 Å². The number of hydrogen-bond donors (Lipinski definition) is 1. The Bertz CT molecular complexity index is 364. The fraction of sp³-hybridized carbons (Fsp3) is 0.500. The molecule has 1 fully saturated rings. The van der Waals surface area contributed by atoms with Crippen LogP contribution in [-0.4, -0.2) is 31.1 Å².